The summed E-state index contributed by atoms with van der Waals surface area (Å²) < 4.78 is 31.7. The highest BCUT2D eigenvalue weighted by atomic mass is 19.4. The van der Waals surface area contributed by atoms with Gasteiger partial charge >= 0.3 is 12.1 Å². The molecule has 1 aromatic rings. The molecule has 2 fully saturated rings. The van der Waals surface area contributed by atoms with Crippen molar-refractivity contribution >= 4 is 17.8 Å². The summed E-state index contributed by atoms with van der Waals surface area (Å²) >= 11 is 0. The lowest BCUT2D eigenvalue weighted by Crippen LogP contribution is -2.38. The first-order valence-corrected chi connectivity index (χ1v) is 7.85. The maximum Gasteiger partial charge on any atom is 0.490 e. The fourth-order valence-electron chi connectivity index (χ4n) is 3.20. The summed E-state index contributed by atoms with van der Waals surface area (Å²) in [5.41, 5.74) is 0.211. The van der Waals surface area contributed by atoms with E-state index in [0.29, 0.717) is 18.7 Å². The standard InChI is InChI=1S/C14H17N3O2.C2HF3O2/c1-10-8-17(9-14(10)4-6-16-13(14)19)12(18)11-3-2-5-15-7-11;3-2(4,5)1(6)7/h2-3,5,7,10H,4,6,8-9H2,1H3,(H,16,19);(H,6,7)/t10-,14-;/m0./s1. The molecule has 2 aliphatic heterocycles. The largest absolute Gasteiger partial charge is 0.490 e. The van der Waals surface area contributed by atoms with Crippen molar-refractivity contribution in [2.45, 2.75) is 19.5 Å². The van der Waals surface area contributed by atoms with Gasteiger partial charge in [0.25, 0.3) is 5.91 Å². The van der Waals surface area contributed by atoms with Gasteiger partial charge in [0.2, 0.25) is 5.91 Å². The van der Waals surface area contributed by atoms with Crippen LogP contribution in [0.5, 0.6) is 0 Å². The van der Waals surface area contributed by atoms with Gasteiger partial charge in [0, 0.05) is 32.0 Å². The number of amides is 2. The van der Waals surface area contributed by atoms with Crippen LogP contribution in [0, 0.1) is 11.3 Å². The first-order chi connectivity index (χ1) is 12.1. The molecule has 142 valence electrons. The minimum absolute atomic E-state index is 0.0310. The van der Waals surface area contributed by atoms with Crippen LogP contribution in [0.15, 0.2) is 24.5 Å². The molecule has 0 bridgehead atoms. The number of rotatable bonds is 1. The summed E-state index contributed by atoms with van der Waals surface area (Å²) in [5.74, 6) is -2.49. The quantitative estimate of drug-likeness (QED) is 0.773. The number of carbonyl (C=O) groups is 3. The van der Waals surface area contributed by atoms with Crippen LogP contribution in [0.2, 0.25) is 0 Å². The molecule has 2 saturated heterocycles. The van der Waals surface area contributed by atoms with Gasteiger partial charge in [-0.25, -0.2) is 4.79 Å². The topological polar surface area (TPSA) is 99.6 Å². The number of likely N-dealkylation sites (tertiary alicyclic amines) is 1. The molecule has 0 unspecified atom stereocenters. The predicted octanol–water partition coefficient (Wildman–Crippen LogP) is 1.31. The van der Waals surface area contributed by atoms with Gasteiger partial charge in [0.15, 0.2) is 0 Å². The molecule has 10 heteroatoms. The van der Waals surface area contributed by atoms with Gasteiger partial charge in [-0.1, -0.05) is 6.92 Å². The number of carboxylic acid groups (broad SMARTS) is 1. The minimum Gasteiger partial charge on any atom is -0.475 e. The van der Waals surface area contributed by atoms with E-state index in [1.165, 1.54) is 0 Å². The van der Waals surface area contributed by atoms with Gasteiger partial charge in [-0.05, 0) is 24.5 Å². The Kier molecular flexibility index (Phi) is 5.53. The van der Waals surface area contributed by atoms with Crippen molar-refractivity contribution in [2.75, 3.05) is 19.6 Å². The van der Waals surface area contributed by atoms with E-state index in [1.807, 2.05) is 0 Å². The Morgan fingerprint density at radius 3 is 2.54 bits per heavy atom. The maximum atomic E-state index is 12.4. The number of pyridine rings is 1. The van der Waals surface area contributed by atoms with E-state index in [-0.39, 0.29) is 23.1 Å². The van der Waals surface area contributed by atoms with Crippen molar-refractivity contribution < 1.29 is 32.7 Å². The molecule has 3 heterocycles. The Bertz CT molecular complexity index is 696. The number of nitrogens with zero attached hydrogens (tertiary/aromatic N) is 2. The van der Waals surface area contributed by atoms with Crippen molar-refractivity contribution in [3.05, 3.63) is 30.1 Å². The second-order valence-corrected chi connectivity index (χ2v) is 6.29. The van der Waals surface area contributed by atoms with E-state index in [1.54, 1.807) is 29.4 Å². The number of carboxylic acids is 1. The van der Waals surface area contributed by atoms with Crippen molar-refractivity contribution in [3.8, 4) is 0 Å². The van der Waals surface area contributed by atoms with Crippen LogP contribution in [0.4, 0.5) is 13.2 Å². The lowest BCUT2D eigenvalue weighted by Gasteiger charge is -2.23. The molecule has 3 rings (SSSR count). The number of alkyl halides is 3. The van der Waals surface area contributed by atoms with Crippen LogP contribution in [0.25, 0.3) is 0 Å². The lowest BCUT2D eigenvalue weighted by atomic mass is 9.78. The number of hydrogen-bond acceptors (Lipinski definition) is 4. The Morgan fingerprint density at radius 1 is 1.42 bits per heavy atom. The number of carbonyl (C=O) groups excluding carboxylic acids is 2. The third kappa shape index (κ3) is 3.94. The van der Waals surface area contributed by atoms with Crippen molar-refractivity contribution in [1.82, 2.24) is 15.2 Å². The fraction of sp³-hybridized carbons (Fsp3) is 0.500. The molecule has 0 radical (unpaired) electrons. The van der Waals surface area contributed by atoms with Crippen LogP contribution in [0.1, 0.15) is 23.7 Å². The third-order valence-electron chi connectivity index (χ3n) is 4.66. The molecule has 2 N–H and O–H groups in total. The zero-order valence-electron chi connectivity index (χ0n) is 13.9. The first-order valence-electron chi connectivity index (χ1n) is 7.85. The second-order valence-electron chi connectivity index (χ2n) is 6.29. The normalized spacial score (nSPS) is 24.8. The highest BCUT2D eigenvalue weighted by molar-refractivity contribution is 5.95. The zero-order valence-corrected chi connectivity index (χ0v) is 13.9. The zero-order chi connectivity index (χ0) is 19.5. The molecular weight excluding hydrogens is 355 g/mol. The van der Waals surface area contributed by atoms with Gasteiger partial charge in [0.05, 0.1) is 11.0 Å². The summed E-state index contributed by atoms with van der Waals surface area (Å²) in [7, 11) is 0. The van der Waals surface area contributed by atoms with Gasteiger partial charge in [-0.2, -0.15) is 13.2 Å². The lowest BCUT2D eigenvalue weighted by molar-refractivity contribution is -0.192. The summed E-state index contributed by atoms with van der Waals surface area (Å²) in [5, 5.41) is 10.0. The van der Waals surface area contributed by atoms with Gasteiger partial charge in [-0.3, -0.25) is 14.6 Å². The van der Waals surface area contributed by atoms with Crippen LogP contribution in [-0.2, 0) is 9.59 Å². The van der Waals surface area contributed by atoms with E-state index in [4.69, 9.17) is 9.90 Å². The number of aromatic nitrogens is 1. The molecule has 0 saturated carbocycles. The smallest absolute Gasteiger partial charge is 0.475 e. The van der Waals surface area contributed by atoms with Crippen LogP contribution in [-0.4, -0.2) is 58.6 Å². The fourth-order valence-corrected chi connectivity index (χ4v) is 3.20. The van der Waals surface area contributed by atoms with Gasteiger partial charge in [-0.15, -0.1) is 0 Å². The number of halogens is 3. The average Bonchev–Trinajstić information content (AvgIpc) is 3.12. The summed E-state index contributed by atoms with van der Waals surface area (Å²) in [4.78, 5) is 39.1. The minimum atomic E-state index is -5.08. The molecule has 0 aliphatic carbocycles. The Morgan fingerprint density at radius 2 is 2.08 bits per heavy atom. The third-order valence-corrected chi connectivity index (χ3v) is 4.66. The Hall–Kier alpha value is -2.65. The molecule has 0 aromatic carbocycles. The monoisotopic (exact) mass is 373 g/mol. The number of nitrogens with one attached hydrogen (secondary N) is 1. The highest BCUT2D eigenvalue weighted by Crippen LogP contribution is 2.42. The molecule has 2 amide bonds. The van der Waals surface area contributed by atoms with Crippen molar-refractivity contribution in [3.63, 3.8) is 0 Å². The molecule has 7 nitrogen and oxygen atoms in total. The van der Waals surface area contributed by atoms with E-state index >= 15 is 0 Å². The summed E-state index contributed by atoms with van der Waals surface area (Å²) in [6, 6.07) is 3.52. The van der Waals surface area contributed by atoms with Gasteiger partial charge in [0.1, 0.15) is 0 Å². The summed E-state index contributed by atoms with van der Waals surface area (Å²) in [6.07, 6.45) is -1.04. The first kappa shape index (κ1) is 19.7. The molecule has 2 aliphatic rings. The average molecular weight is 373 g/mol. The number of aliphatic carboxylic acids is 1. The van der Waals surface area contributed by atoms with Gasteiger partial charge < -0.3 is 15.3 Å². The highest BCUT2D eigenvalue weighted by Gasteiger charge is 2.53. The maximum absolute atomic E-state index is 12.4. The van der Waals surface area contributed by atoms with Crippen LogP contribution >= 0.6 is 0 Å². The molecule has 2 atom stereocenters. The molecule has 26 heavy (non-hydrogen) atoms. The van der Waals surface area contributed by atoms with Crippen molar-refractivity contribution in [1.29, 1.82) is 0 Å². The molecule has 1 spiro atoms. The Labute approximate surface area is 147 Å². The van der Waals surface area contributed by atoms with E-state index in [9.17, 15) is 22.8 Å². The van der Waals surface area contributed by atoms with E-state index in [2.05, 4.69) is 17.2 Å². The predicted molar refractivity (Wildman–Crippen MR) is 83.1 cm³/mol. The summed E-state index contributed by atoms with van der Waals surface area (Å²) in [6.45, 7) is 3.94. The van der Waals surface area contributed by atoms with Crippen LogP contribution < -0.4 is 5.32 Å². The van der Waals surface area contributed by atoms with Crippen LogP contribution in [0.3, 0.4) is 0 Å². The molecule has 1 aromatic heterocycles. The molecular formula is C16H18F3N3O4. The second kappa shape index (κ2) is 7.30. The number of hydrogen-bond donors (Lipinski definition) is 2. The Balaban J connectivity index is 0.000000298. The SMILES string of the molecule is C[C@H]1CN(C(=O)c2cccnc2)C[C@@]12CCNC2=O.O=C(O)C(F)(F)F. The van der Waals surface area contributed by atoms with Crippen molar-refractivity contribution in [2.24, 2.45) is 11.3 Å². The van der Waals surface area contributed by atoms with E-state index < -0.39 is 12.1 Å². The van der Waals surface area contributed by atoms with E-state index in [0.717, 1.165) is 13.0 Å².